The number of aliphatic hydroxyl groups is 1. The van der Waals surface area contributed by atoms with Crippen LogP contribution in [0.1, 0.15) is 41.8 Å². The summed E-state index contributed by atoms with van der Waals surface area (Å²) < 4.78 is 6.80. The number of esters is 1. The van der Waals surface area contributed by atoms with Crippen molar-refractivity contribution < 1.29 is 14.6 Å². The van der Waals surface area contributed by atoms with E-state index in [0.29, 0.717) is 17.7 Å². The molecule has 0 spiro atoms. The molecular weight excluding hydrogens is 332 g/mol. The standard InChI is InChI=1S/C20H18N2O4/c1-2-20(25)14-8-16-17-12(7-11-5-3-4-6-15(11)21-17)9-22(16)18(23)13(14)10-26-19(20)24/h3-8,17,21,25H,2,9-10H2,1H3/t17?,20-/m0/s1. The van der Waals surface area contributed by atoms with Gasteiger partial charge in [-0.15, -0.1) is 0 Å². The van der Waals surface area contributed by atoms with Crippen molar-refractivity contribution in [3.63, 3.8) is 0 Å². The van der Waals surface area contributed by atoms with Gasteiger partial charge in [0.05, 0.1) is 11.6 Å². The molecule has 6 nitrogen and oxygen atoms in total. The van der Waals surface area contributed by atoms with E-state index in [-0.39, 0.29) is 24.6 Å². The lowest BCUT2D eigenvalue weighted by atomic mass is 9.85. The Bertz CT molecular complexity index is 1050. The fourth-order valence-corrected chi connectivity index (χ4v) is 4.19. The first-order valence-corrected chi connectivity index (χ1v) is 8.75. The second kappa shape index (κ2) is 5.08. The Kier molecular flexibility index (Phi) is 3.01. The number of nitrogens with one attached hydrogen (secondary N) is 1. The molecule has 0 saturated carbocycles. The summed E-state index contributed by atoms with van der Waals surface area (Å²) in [6.07, 6.45) is 2.26. The molecule has 0 saturated heterocycles. The second-order valence-corrected chi connectivity index (χ2v) is 7.03. The van der Waals surface area contributed by atoms with Crippen LogP contribution in [-0.4, -0.2) is 15.6 Å². The van der Waals surface area contributed by atoms with Crippen molar-refractivity contribution in [2.75, 3.05) is 5.32 Å². The number of hydrogen-bond donors (Lipinski definition) is 2. The molecule has 2 N–H and O–H groups in total. The van der Waals surface area contributed by atoms with Crippen molar-refractivity contribution in [2.24, 2.45) is 0 Å². The van der Waals surface area contributed by atoms with E-state index in [9.17, 15) is 14.7 Å². The number of carbonyl (C=O) groups is 1. The predicted octanol–water partition coefficient (Wildman–Crippen LogP) is 2.07. The Morgan fingerprint density at radius 2 is 2.15 bits per heavy atom. The summed E-state index contributed by atoms with van der Waals surface area (Å²) in [5, 5.41) is 14.3. The number of fused-ring (bicyclic) bond motifs is 5. The molecule has 2 aromatic rings. The summed E-state index contributed by atoms with van der Waals surface area (Å²) in [6.45, 7) is 2.11. The lowest BCUT2D eigenvalue weighted by Crippen LogP contribution is -2.44. The van der Waals surface area contributed by atoms with Gasteiger partial charge in [0.15, 0.2) is 5.60 Å². The van der Waals surface area contributed by atoms with Crippen LogP contribution in [0.2, 0.25) is 0 Å². The number of rotatable bonds is 1. The van der Waals surface area contributed by atoms with Crippen molar-refractivity contribution in [3.05, 3.63) is 68.6 Å². The van der Waals surface area contributed by atoms with E-state index in [4.69, 9.17) is 4.74 Å². The molecule has 26 heavy (non-hydrogen) atoms. The van der Waals surface area contributed by atoms with Gasteiger partial charge < -0.3 is 19.7 Å². The van der Waals surface area contributed by atoms with E-state index in [1.807, 2.05) is 24.3 Å². The number of benzene rings is 1. The molecule has 0 bridgehead atoms. The first-order chi connectivity index (χ1) is 12.5. The molecule has 4 heterocycles. The number of pyridine rings is 1. The number of ether oxygens (including phenoxy) is 1. The van der Waals surface area contributed by atoms with E-state index < -0.39 is 11.6 Å². The van der Waals surface area contributed by atoms with Gasteiger partial charge in [-0.25, -0.2) is 4.79 Å². The number of nitrogens with zero attached hydrogens (tertiary/aromatic N) is 1. The Morgan fingerprint density at radius 3 is 2.96 bits per heavy atom. The summed E-state index contributed by atoms with van der Waals surface area (Å²) in [4.78, 5) is 25.2. The molecule has 1 aromatic carbocycles. The zero-order valence-corrected chi connectivity index (χ0v) is 14.3. The number of carbonyl (C=O) groups excluding carboxylic acids is 1. The van der Waals surface area contributed by atoms with E-state index in [1.165, 1.54) is 0 Å². The SMILES string of the molecule is CC[C@@]1(O)C(=O)OCc2c1cc1n(c2=O)CC2=Cc3ccccc3NC21. The van der Waals surface area contributed by atoms with Crippen molar-refractivity contribution >= 4 is 17.7 Å². The summed E-state index contributed by atoms with van der Waals surface area (Å²) in [5.41, 5.74) is 2.76. The van der Waals surface area contributed by atoms with Gasteiger partial charge in [-0.1, -0.05) is 25.1 Å². The fraction of sp³-hybridized carbons (Fsp3) is 0.300. The van der Waals surface area contributed by atoms with Crippen LogP contribution < -0.4 is 10.9 Å². The molecule has 0 radical (unpaired) electrons. The van der Waals surface area contributed by atoms with Gasteiger partial charge in [0.25, 0.3) is 5.56 Å². The zero-order chi connectivity index (χ0) is 18.1. The summed E-state index contributed by atoms with van der Waals surface area (Å²) in [5.74, 6) is -0.687. The first kappa shape index (κ1) is 15.4. The molecule has 0 amide bonds. The maximum absolute atomic E-state index is 13.0. The molecule has 3 aliphatic rings. The van der Waals surface area contributed by atoms with Crippen molar-refractivity contribution in [3.8, 4) is 0 Å². The van der Waals surface area contributed by atoms with Crippen molar-refractivity contribution in [1.82, 2.24) is 4.57 Å². The third-order valence-electron chi connectivity index (χ3n) is 5.68. The highest BCUT2D eigenvalue weighted by Gasteiger charge is 2.46. The smallest absolute Gasteiger partial charge is 0.343 e. The van der Waals surface area contributed by atoms with E-state index in [0.717, 1.165) is 22.5 Å². The van der Waals surface area contributed by atoms with Gasteiger partial charge in [-0.3, -0.25) is 4.79 Å². The van der Waals surface area contributed by atoms with Crippen LogP contribution in [0.5, 0.6) is 0 Å². The molecule has 0 fully saturated rings. The van der Waals surface area contributed by atoms with Gasteiger partial charge in [0.1, 0.15) is 6.61 Å². The minimum Gasteiger partial charge on any atom is -0.458 e. The summed E-state index contributed by atoms with van der Waals surface area (Å²) >= 11 is 0. The normalized spacial score (nSPS) is 25.2. The molecule has 1 aromatic heterocycles. The number of anilines is 1. The first-order valence-electron chi connectivity index (χ1n) is 8.75. The Labute approximate surface area is 149 Å². The van der Waals surface area contributed by atoms with Gasteiger partial charge >= 0.3 is 5.97 Å². The third-order valence-corrected chi connectivity index (χ3v) is 5.68. The van der Waals surface area contributed by atoms with Crippen molar-refractivity contribution in [2.45, 2.75) is 38.1 Å². The number of para-hydroxylation sites is 1. The minimum absolute atomic E-state index is 0.0903. The molecule has 132 valence electrons. The topological polar surface area (TPSA) is 80.6 Å². The van der Waals surface area contributed by atoms with Crippen LogP contribution >= 0.6 is 0 Å². The molecular formula is C20H18N2O4. The molecule has 1 unspecified atom stereocenters. The second-order valence-electron chi connectivity index (χ2n) is 7.03. The van der Waals surface area contributed by atoms with Crippen molar-refractivity contribution in [1.29, 1.82) is 0 Å². The highest BCUT2D eigenvalue weighted by Crippen LogP contribution is 2.42. The number of aromatic nitrogens is 1. The van der Waals surface area contributed by atoms with Crippen LogP contribution in [0.25, 0.3) is 6.08 Å². The zero-order valence-electron chi connectivity index (χ0n) is 14.3. The number of hydrogen-bond acceptors (Lipinski definition) is 5. The largest absolute Gasteiger partial charge is 0.458 e. The number of cyclic esters (lactones) is 1. The third kappa shape index (κ3) is 1.85. The summed E-state index contributed by atoms with van der Waals surface area (Å²) in [7, 11) is 0. The Hall–Kier alpha value is -2.86. The Balaban J connectivity index is 1.71. The van der Waals surface area contributed by atoms with Crippen LogP contribution in [0.4, 0.5) is 5.69 Å². The predicted molar refractivity (Wildman–Crippen MR) is 95.5 cm³/mol. The van der Waals surface area contributed by atoms with Crippen LogP contribution in [-0.2, 0) is 28.3 Å². The van der Waals surface area contributed by atoms with E-state index in [2.05, 4.69) is 11.4 Å². The lowest BCUT2D eigenvalue weighted by Gasteiger charge is -2.32. The highest BCUT2D eigenvalue weighted by atomic mass is 16.6. The average Bonchev–Trinajstić information content (AvgIpc) is 3.01. The Morgan fingerprint density at radius 1 is 1.35 bits per heavy atom. The molecule has 3 aliphatic heterocycles. The lowest BCUT2D eigenvalue weighted by molar-refractivity contribution is -0.172. The molecule has 6 heteroatoms. The van der Waals surface area contributed by atoms with Gasteiger partial charge in [-0.2, -0.15) is 0 Å². The minimum atomic E-state index is -1.76. The van der Waals surface area contributed by atoms with Gasteiger partial charge in [-0.05, 0) is 35.8 Å². The average molecular weight is 350 g/mol. The molecule has 2 atom stereocenters. The highest BCUT2D eigenvalue weighted by molar-refractivity contribution is 5.83. The van der Waals surface area contributed by atoms with Crippen LogP contribution in [0.3, 0.4) is 0 Å². The quantitative estimate of drug-likeness (QED) is 0.770. The van der Waals surface area contributed by atoms with Gasteiger partial charge in [0, 0.05) is 23.5 Å². The maximum atomic E-state index is 13.0. The van der Waals surface area contributed by atoms with E-state index in [1.54, 1.807) is 17.6 Å². The van der Waals surface area contributed by atoms with E-state index >= 15 is 0 Å². The summed E-state index contributed by atoms with van der Waals surface area (Å²) in [6, 6.07) is 9.64. The fourth-order valence-electron chi connectivity index (χ4n) is 4.19. The maximum Gasteiger partial charge on any atom is 0.343 e. The van der Waals surface area contributed by atoms with Crippen LogP contribution in [0.15, 0.2) is 40.7 Å². The van der Waals surface area contributed by atoms with Gasteiger partial charge in [0.2, 0.25) is 0 Å². The van der Waals surface area contributed by atoms with Crippen LogP contribution in [0, 0.1) is 0 Å². The monoisotopic (exact) mass is 350 g/mol. The molecule has 5 rings (SSSR count). The molecule has 0 aliphatic carbocycles.